The molecule has 3 aliphatic rings. The molecule has 2 aliphatic heterocycles. The number of allylic oxidation sites excluding steroid dienone is 3. The number of Topliss-reactive ketones (excluding diaryl/α,β-unsaturated/α-hetero) is 1. The van der Waals surface area contributed by atoms with Crippen LogP contribution in [0.3, 0.4) is 0 Å². The number of nitrogens with one attached hydrogen (secondary N) is 1. The van der Waals surface area contributed by atoms with Crippen LogP contribution in [0.2, 0.25) is 0 Å². The van der Waals surface area contributed by atoms with Gasteiger partial charge >= 0.3 is 0 Å². The summed E-state index contributed by atoms with van der Waals surface area (Å²) in [5.41, 5.74) is 6.51. The van der Waals surface area contributed by atoms with Crippen LogP contribution in [-0.4, -0.2) is 43.7 Å². The van der Waals surface area contributed by atoms with Crippen molar-refractivity contribution in [1.29, 1.82) is 0 Å². The van der Waals surface area contributed by atoms with Gasteiger partial charge in [0.2, 0.25) is 5.91 Å². The molecular formula is C27H27N3O3. The van der Waals surface area contributed by atoms with Gasteiger partial charge in [-0.2, -0.15) is 0 Å². The first kappa shape index (κ1) is 21.3. The van der Waals surface area contributed by atoms with Gasteiger partial charge in [-0.3, -0.25) is 9.59 Å². The lowest BCUT2D eigenvalue weighted by atomic mass is 9.91. The molecule has 0 atom stereocenters. The molecule has 1 amide bonds. The summed E-state index contributed by atoms with van der Waals surface area (Å²) in [5.74, 6) is -0.0727. The molecule has 0 spiro atoms. The molecule has 1 aliphatic carbocycles. The summed E-state index contributed by atoms with van der Waals surface area (Å²) in [4.78, 5) is 32.4. The average Bonchev–Trinajstić information content (AvgIpc) is 3.05. The van der Waals surface area contributed by atoms with Crippen LogP contribution in [0.15, 0.2) is 76.4 Å². The van der Waals surface area contributed by atoms with Crippen molar-refractivity contribution in [2.24, 2.45) is 4.99 Å². The molecule has 1 fully saturated rings. The van der Waals surface area contributed by atoms with E-state index in [1.807, 2.05) is 31.2 Å². The van der Waals surface area contributed by atoms with Crippen molar-refractivity contribution in [2.45, 2.75) is 26.2 Å². The minimum absolute atomic E-state index is 0.00269. The molecule has 5 rings (SSSR count). The number of nitrogens with zero attached hydrogens (tertiary/aromatic N) is 2. The van der Waals surface area contributed by atoms with Crippen molar-refractivity contribution in [1.82, 2.24) is 5.32 Å². The van der Waals surface area contributed by atoms with Gasteiger partial charge in [0, 0.05) is 36.3 Å². The van der Waals surface area contributed by atoms with Crippen molar-refractivity contribution in [3.8, 4) is 11.1 Å². The quantitative estimate of drug-likeness (QED) is 0.719. The molecule has 0 bridgehead atoms. The number of rotatable bonds is 3. The summed E-state index contributed by atoms with van der Waals surface area (Å²) in [7, 11) is 0. The number of amides is 1. The second-order valence-electron chi connectivity index (χ2n) is 8.58. The summed E-state index contributed by atoms with van der Waals surface area (Å²) in [6.07, 6.45) is 3.45. The summed E-state index contributed by atoms with van der Waals surface area (Å²) >= 11 is 0. The van der Waals surface area contributed by atoms with Crippen molar-refractivity contribution in [3.63, 3.8) is 0 Å². The summed E-state index contributed by atoms with van der Waals surface area (Å²) in [5, 5.41) is 2.95. The zero-order chi connectivity index (χ0) is 22.8. The highest BCUT2D eigenvalue weighted by Gasteiger charge is 2.28. The lowest BCUT2D eigenvalue weighted by Crippen LogP contribution is -2.36. The van der Waals surface area contributed by atoms with E-state index in [1.165, 1.54) is 0 Å². The van der Waals surface area contributed by atoms with Crippen molar-refractivity contribution in [2.75, 3.05) is 31.2 Å². The van der Waals surface area contributed by atoms with Crippen molar-refractivity contribution >= 4 is 28.8 Å². The van der Waals surface area contributed by atoms with Gasteiger partial charge < -0.3 is 15.0 Å². The highest BCUT2D eigenvalue weighted by Crippen LogP contribution is 2.36. The van der Waals surface area contributed by atoms with Crippen molar-refractivity contribution in [3.05, 3.63) is 71.5 Å². The van der Waals surface area contributed by atoms with Crippen LogP contribution in [0.5, 0.6) is 0 Å². The first-order valence-electron chi connectivity index (χ1n) is 11.5. The fourth-order valence-corrected chi connectivity index (χ4v) is 4.56. The first-order chi connectivity index (χ1) is 16.1. The summed E-state index contributed by atoms with van der Waals surface area (Å²) in [6, 6.07) is 16.5. The molecule has 2 aromatic carbocycles. The van der Waals surface area contributed by atoms with E-state index in [0.717, 1.165) is 48.8 Å². The first-order valence-corrected chi connectivity index (χ1v) is 11.5. The van der Waals surface area contributed by atoms with Gasteiger partial charge in [0.25, 0.3) is 0 Å². The molecule has 2 aromatic rings. The molecule has 0 aromatic heterocycles. The van der Waals surface area contributed by atoms with E-state index in [1.54, 1.807) is 6.08 Å². The molecule has 0 saturated carbocycles. The Labute approximate surface area is 193 Å². The molecule has 168 valence electrons. The largest absolute Gasteiger partial charge is 0.378 e. The van der Waals surface area contributed by atoms with Gasteiger partial charge in [-0.05, 0) is 55.2 Å². The van der Waals surface area contributed by atoms with E-state index in [9.17, 15) is 9.59 Å². The highest BCUT2D eigenvalue weighted by molar-refractivity contribution is 6.25. The second-order valence-corrected chi connectivity index (χ2v) is 8.58. The number of hydrogen-bond donors (Lipinski definition) is 1. The molecule has 33 heavy (non-hydrogen) atoms. The Kier molecular flexibility index (Phi) is 5.92. The molecule has 6 nitrogen and oxygen atoms in total. The van der Waals surface area contributed by atoms with Crippen molar-refractivity contribution < 1.29 is 14.3 Å². The number of ether oxygens (including phenoxy) is 1. The second kappa shape index (κ2) is 9.16. The molecular weight excluding hydrogens is 414 g/mol. The Bertz CT molecular complexity index is 1190. The highest BCUT2D eigenvalue weighted by atomic mass is 16.5. The van der Waals surface area contributed by atoms with Gasteiger partial charge in [0.15, 0.2) is 5.78 Å². The van der Waals surface area contributed by atoms with Crippen LogP contribution in [0.4, 0.5) is 11.4 Å². The number of anilines is 1. The maximum absolute atomic E-state index is 12.8. The van der Waals surface area contributed by atoms with Crippen LogP contribution in [-0.2, 0) is 14.3 Å². The van der Waals surface area contributed by atoms with Crippen LogP contribution in [0.25, 0.3) is 11.1 Å². The van der Waals surface area contributed by atoms with E-state index in [-0.39, 0.29) is 11.7 Å². The van der Waals surface area contributed by atoms with Gasteiger partial charge in [-0.25, -0.2) is 4.99 Å². The number of carbonyl (C=O) groups is 2. The molecule has 0 radical (unpaired) electrons. The predicted molar refractivity (Wildman–Crippen MR) is 130 cm³/mol. The summed E-state index contributed by atoms with van der Waals surface area (Å²) < 4.78 is 5.51. The number of aliphatic imine (C=N–C) groups is 1. The monoisotopic (exact) mass is 441 g/mol. The summed E-state index contributed by atoms with van der Waals surface area (Å²) in [6.45, 7) is 4.97. The Morgan fingerprint density at radius 1 is 1.00 bits per heavy atom. The zero-order valence-corrected chi connectivity index (χ0v) is 18.8. The SMILES string of the molecule is CC1=CC(=Nc2ccc(N3CCOCC3)cc2-c2ccccc2)C2=C(CCCC(=O)N2)C1=O. The number of benzene rings is 2. The van der Waals surface area contributed by atoms with E-state index in [2.05, 4.69) is 34.5 Å². The molecule has 1 N–H and O–H groups in total. The zero-order valence-electron chi connectivity index (χ0n) is 18.8. The molecule has 6 heteroatoms. The Balaban J connectivity index is 1.62. The third-order valence-corrected chi connectivity index (χ3v) is 6.32. The molecule has 1 saturated heterocycles. The topological polar surface area (TPSA) is 71.0 Å². The van der Waals surface area contributed by atoms with E-state index in [4.69, 9.17) is 9.73 Å². The number of hydrogen-bond acceptors (Lipinski definition) is 5. The minimum Gasteiger partial charge on any atom is -0.378 e. The maximum Gasteiger partial charge on any atom is 0.224 e. The number of ketones is 1. The van der Waals surface area contributed by atoms with Crippen LogP contribution in [0, 0.1) is 0 Å². The standard InChI is InChI=1S/C27H27N3O3/c1-18-16-24(26-21(27(18)32)8-5-9-25(31)29-26)28-23-11-10-20(30-12-14-33-15-13-30)17-22(23)19-6-3-2-4-7-19/h2-4,6-7,10-11,16-17H,5,8-9,12-15H2,1H3,(H,29,31). The minimum atomic E-state index is -0.0700. The third-order valence-electron chi connectivity index (χ3n) is 6.32. The fourth-order valence-electron chi connectivity index (χ4n) is 4.56. The smallest absolute Gasteiger partial charge is 0.224 e. The fraction of sp³-hybridized carbons (Fsp3) is 0.296. The maximum atomic E-state index is 12.8. The van der Waals surface area contributed by atoms with Crippen LogP contribution >= 0.6 is 0 Å². The number of morpholine rings is 1. The Hall–Kier alpha value is -3.51. The van der Waals surface area contributed by atoms with Crippen LogP contribution in [0.1, 0.15) is 26.2 Å². The van der Waals surface area contributed by atoms with E-state index >= 15 is 0 Å². The average molecular weight is 442 g/mol. The third kappa shape index (κ3) is 4.39. The van der Waals surface area contributed by atoms with Crippen LogP contribution < -0.4 is 10.2 Å². The van der Waals surface area contributed by atoms with Gasteiger partial charge in [0.05, 0.1) is 30.3 Å². The van der Waals surface area contributed by atoms with Gasteiger partial charge in [-0.15, -0.1) is 0 Å². The van der Waals surface area contributed by atoms with E-state index < -0.39 is 0 Å². The van der Waals surface area contributed by atoms with Gasteiger partial charge in [0.1, 0.15) is 0 Å². The Morgan fingerprint density at radius 2 is 1.79 bits per heavy atom. The molecule has 0 unspecified atom stereocenters. The predicted octanol–water partition coefficient (Wildman–Crippen LogP) is 4.35. The van der Waals surface area contributed by atoms with E-state index in [0.29, 0.717) is 41.8 Å². The number of carbonyl (C=O) groups excluding carboxylic acids is 2. The lowest BCUT2D eigenvalue weighted by Gasteiger charge is -2.29. The lowest BCUT2D eigenvalue weighted by molar-refractivity contribution is -0.120. The normalized spacial score (nSPS) is 20.3. The molecule has 2 heterocycles. The Morgan fingerprint density at radius 3 is 2.58 bits per heavy atom. The van der Waals surface area contributed by atoms with Gasteiger partial charge in [-0.1, -0.05) is 30.3 Å².